The van der Waals surface area contributed by atoms with E-state index in [0.717, 1.165) is 23.7 Å². The third-order valence-corrected chi connectivity index (χ3v) is 5.66. The van der Waals surface area contributed by atoms with Gasteiger partial charge < -0.3 is 0 Å². The molecule has 3 rings (SSSR count). The Bertz CT molecular complexity index is 829. The lowest BCUT2D eigenvalue weighted by Crippen LogP contribution is -2.32. The molecule has 8 heteroatoms. The number of aromatic nitrogens is 2. The van der Waals surface area contributed by atoms with Crippen LogP contribution in [-0.2, 0) is 16.4 Å². The Hall–Kier alpha value is -1.80. The molecule has 1 aliphatic carbocycles. The van der Waals surface area contributed by atoms with Crippen molar-refractivity contribution in [3.05, 3.63) is 47.3 Å². The fraction of sp³-hybridized carbons (Fsp3) is 0.438. The van der Waals surface area contributed by atoms with Crippen LogP contribution in [0.15, 0.2) is 24.4 Å². The minimum atomic E-state index is -3.35. The Labute approximate surface area is 139 Å². The van der Waals surface area contributed by atoms with Gasteiger partial charge in [0.25, 0.3) is 0 Å². The van der Waals surface area contributed by atoms with E-state index < -0.39 is 21.7 Å². The maximum Gasteiger partial charge on any atom is 0.212 e. The summed E-state index contributed by atoms with van der Waals surface area (Å²) in [5, 5.41) is 4.23. The molecule has 0 saturated carbocycles. The van der Waals surface area contributed by atoms with E-state index in [9.17, 15) is 17.2 Å². The molecule has 0 radical (unpaired) electrons. The highest BCUT2D eigenvalue weighted by molar-refractivity contribution is 7.89. The molecule has 0 aliphatic heterocycles. The second-order valence-corrected chi connectivity index (χ2v) is 7.84. The molecule has 1 atom stereocenters. The summed E-state index contributed by atoms with van der Waals surface area (Å²) in [6.07, 6.45) is 4.25. The van der Waals surface area contributed by atoms with Gasteiger partial charge >= 0.3 is 0 Å². The van der Waals surface area contributed by atoms with Gasteiger partial charge in [-0.05, 0) is 37.8 Å². The number of hydrogen-bond acceptors (Lipinski definition) is 3. The second kappa shape index (κ2) is 6.60. The van der Waals surface area contributed by atoms with Crippen LogP contribution in [0.1, 0.15) is 43.5 Å². The summed E-state index contributed by atoms with van der Waals surface area (Å²) in [6.45, 7) is 1.81. The molecule has 2 aromatic rings. The Morgan fingerprint density at radius 3 is 2.67 bits per heavy atom. The SMILES string of the molecule is CCCS(=O)(=O)N[C@@H]1CCCc2c1cnn2-c1cc(F)cc(F)c1. The van der Waals surface area contributed by atoms with E-state index in [1.54, 1.807) is 6.20 Å². The summed E-state index contributed by atoms with van der Waals surface area (Å²) in [5.41, 5.74) is 1.85. The molecule has 5 nitrogen and oxygen atoms in total. The standard InChI is InChI=1S/C16H19F2N3O2S/c1-2-6-24(22,23)20-15-4-3-5-16-14(15)10-19-21(16)13-8-11(17)7-12(18)9-13/h7-10,15,20H,2-6H2,1H3/t15-/m1/s1. The van der Waals surface area contributed by atoms with Crippen molar-refractivity contribution in [2.75, 3.05) is 5.75 Å². The van der Waals surface area contributed by atoms with Crippen LogP contribution in [0.5, 0.6) is 0 Å². The monoisotopic (exact) mass is 355 g/mol. The van der Waals surface area contributed by atoms with Gasteiger partial charge in [0.05, 0.1) is 23.7 Å². The smallest absolute Gasteiger partial charge is 0.212 e. The van der Waals surface area contributed by atoms with Crippen LogP contribution in [0.3, 0.4) is 0 Å². The Kier molecular flexibility index (Phi) is 4.69. The highest BCUT2D eigenvalue weighted by atomic mass is 32.2. The molecule has 130 valence electrons. The normalized spacial score (nSPS) is 17.7. The van der Waals surface area contributed by atoms with Crippen LogP contribution >= 0.6 is 0 Å². The maximum absolute atomic E-state index is 13.5. The molecular weight excluding hydrogens is 336 g/mol. The summed E-state index contributed by atoms with van der Waals surface area (Å²) < 4.78 is 55.2. The molecular formula is C16H19F2N3O2S. The molecule has 0 amide bonds. The summed E-state index contributed by atoms with van der Waals surface area (Å²) >= 11 is 0. The maximum atomic E-state index is 13.5. The van der Waals surface area contributed by atoms with Crippen LogP contribution in [0.2, 0.25) is 0 Å². The Morgan fingerprint density at radius 2 is 2.00 bits per heavy atom. The lowest BCUT2D eigenvalue weighted by molar-refractivity contribution is 0.501. The first kappa shape index (κ1) is 17.0. The zero-order valence-electron chi connectivity index (χ0n) is 13.3. The third-order valence-electron chi connectivity index (χ3n) is 4.07. The van der Waals surface area contributed by atoms with Crippen LogP contribution < -0.4 is 4.72 Å². The lowest BCUT2D eigenvalue weighted by atomic mass is 9.94. The largest absolute Gasteiger partial charge is 0.237 e. The number of sulfonamides is 1. The van der Waals surface area contributed by atoms with Crippen LogP contribution in [0.4, 0.5) is 8.78 Å². The zero-order valence-corrected chi connectivity index (χ0v) is 14.1. The molecule has 0 bridgehead atoms. The topological polar surface area (TPSA) is 64.0 Å². The molecule has 24 heavy (non-hydrogen) atoms. The number of halogens is 2. The fourth-order valence-corrected chi connectivity index (χ4v) is 4.44. The fourth-order valence-electron chi connectivity index (χ4n) is 3.11. The van der Waals surface area contributed by atoms with Gasteiger partial charge in [-0.1, -0.05) is 6.92 Å². The number of hydrogen-bond donors (Lipinski definition) is 1. The highest BCUT2D eigenvalue weighted by Crippen LogP contribution is 2.31. The van der Waals surface area contributed by atoms with Crippen molar-refractivity contribution in [3.8, 4) is 5.69 Å². The predicted octanol–water partition coefficient (Wildman–Crippen LogP) is 2.86. The van der Waals surface area contributed by atoms with Crippen molar-refractivity contribution in [1.82, 2.24) is 14.5 Å². The highest BCUT2D eigenvalue weighted by Gasteiger charge is 2.28. The van der Waals surface area contributed by atoms with Gasteiger partial charge in [-0.2, -0.15) is 5.10 Å². The molecule has 0 unspecified atom stereocenters. The number of nitrogens with one attached hydrogen (secondary N) is 1. The minimum Gasteiger partial charge on any atom is -0.237 e. The van der Waals surface area contributed by atoms with Crippen molar-refractivity contribution >= 4 is 10.0 Å². The van der Waals surface area contributed by atoms with Gasteiger partial charge in [0.1, 0.15) is 11.6 Å². The summed E-state index contributed by atoms with van der Waals surface area (Å²) in [4.78, 5) is 0. The van der Waals surface area contributed by atoms with Gasteiger partial charge in [0.15, 0.2) is 0 Å². The molecule has 1 aromatic carbocycles. The molecule has 1 N–H and O–H groups in total. The van der Waals surface area contributed by atoms with E-state index in [2.05, 4.69) is 9.82 Å². The van der Waals surface area contributed by atoms with Gasteiger partial charge in [-0.15, -0.1) is 0 Å². The van der Waals surface area contributed by atoms with Crippen LogP contribution in [0.25, 0.3) is 5.69 Å². The van der Waals surface area contributed by atoms with Crippen molar-refractivity contribution in [1.29, 1.82) is 0 Å². The lowest BCUT2D eigenvalue weighted by Gasteiger charge is -2.24. The molecule has 1 aliphatic rings. The van der Waals surface area contributed by atoms with E-state index in [-0.39, 0.29) is 11.8 Å². The van der Waals surface area contributed by atoms with E-state index in [1.165, 1.54) is 16.8 Å². The first-order valence-corrected chi connectivity index (χ1v) is 9.58. The van der Waals surface area contributed by atoms with Gasteiger partial charge in [0.2, 0.25) is 10.0 Å². The van der Waals surface area contributed by atoms with Crippen molar-refractivity contribution in [3.63, 3.8) is 0 Å². The number of benzene rings is 1. The van der Waals surface area contributed by atoms with Gasteiger partial charge in [-0.25, -0.2) is 26.6 Å². The third kappa shape index (κ3) is 3.49. The van der Waals surface area contributed by atoms with Crippen LogP contribution in [0, 0.1) is 11.6 Å². The zero-order chi connectivity index (χ0) is 17.3. The Balaban J connectivity index is 1.95. The minimum absolute atomic E-state index is 0.0715. The summed E-state index contributed by atoms with van der Waals surface area (Å²) in [6, 6.07) is 2.88. The van der Waals surface area contributed by atoms with Crippen LogP contribution in [-0.4, -0.2) is 24.0 Å². The quantitative estimate of drug-likeness (QED) is 0.897. The molecule has 0 spiro atoms. The van der Waals surface area contributed by atoms with Gasteiger partial charge in [0, 0.05) is 17.3 Å². The summed E-state index contributed by atoms with van der Waals surface area (Å²) in [7, 11) is -3.35. The predicted molar refractivity (Wildman–Crippen MR) is 86.4 cm³/mol. The Morgan fingerprint density at radius 1 is 1.29 bits per heavy atom. The van der Waals surface area contributed by atoms with Crippen molar-refractivity contribution in [2.24, 2.45) is 0 Å². The number of rotatable bonds is 5. The first-order valence-electron chi connectivity index (χ1n) is 7.93. The van der Waals surface area contributed by atoms with E-state index >= 15 is 0 Å². The average molecular weight is 355 g/mol. The first-order chi connectivity index (χ1) is 11.4. The van der Waals surface area contributed by atoms with E-state index in [4.69, 9.17) is 0 Å². The van der Waals surface area contributed by atoms with E-state index in [1.807, 2.05) is 6.92 Å². The molecule has 1 aromatic heterocycles. The summed E-state index contributed by atoms with van der Waals surface area (Å²) in [5.74, 6) is -1.28. The van der Waals surface area contributed by atoms with Gasteiger partial charge in [-0.3, -0.25) is 0 Å². The molecule has 1 heterocycles. The average Bonchev–Trinajstić information content (AvgIpc) is 2.90. The number of nitrogens with zero attached hydrogens (tertiary/aromatic N) is 2. The van der Waals surface area contributed by atoms with Crippen molar-refractivity contribution < 1.29 is 17.2 Å². The molecule has 0 fully saturated rings. The van der Waals surface area contributed by atoms with E-state index in [0.29, 0.717) is 24.9 Å². The van der Waals surface area contributed by atoms with Crippen molar-refractivity contribution in [2.45, 2.75) is 38.6 Å². The molecule has 0 saturated heterocycles. The second-order valence-electron chi connectivity index (χ2n) is 5.97. The number of fused-ring (bicyclic) bond motifs is 1.